The SMILES string of the molecule is CC(C)(C[C@@H](c1cccc(Nc2nn([C@H]3CCCC[C@@H]3C#N)c3ccnc(OCc4ccccc4)c23)c1)C(F)(F)F)S(N)=O. The zero-order valence-electron chi connectivity index (χ0n) is 24.6. The molecule has 1 saturated carbocycles. The average Bonchev–Trinajstić information content (AvgIpc) is 3.37. The van der Waals surface area contributed by atoms with Gasteiger partial charge in [-0.25, -0.2) is 9.19 Å². The Kier molecular flexibility index (Phi) is 9.27. The number of hydrogen-bond acceptors (Lipinski definition) is 6. The van der Waals surface area contributed by atoms with E-state index in [0.29, 0.717) is 28.3 Å². The highest BCUT2D eigenvalue weighted by Crippen LogP contribution is 2.43. The molecule has 232 valence electrons. The average molecular weight is 625 g/mol. The maximum absolute atomic E-state index is 14.3. The van der Waals surface area contributed by atoms with Crippen LogP contribution in [0.1, 0.15) is 69.0 Å². The number of alkyl halides is 3. The molecule has 2 heterocycles. The molecule has 0 bridgehead atoms. The van der Waals surface area contributed by atoms with Crippen molar-refractivity contribution in [3.05, 3.63) is 78.0 Å². The highest BCUT2D eigenvalue weighted by atomic mass is 32.2. The van der Waals surface area contributed by atoms with E-state index >= 15 is 0 Å². The fourth-order valence-electron chi connectivity index (χ4n) is 5.75. The Balaban J connectivity index is 1.56. The van der Waals surface area contributed by atoms with Gasteiger partial charge < -0.3 is 10.1 Å². The number of fused-ring (bicyclic) bond motifs is 1. The molecule has 0 saturated heterocycles. The van der Waals surface area contributed by atoms with Crippen LogP contribution in [0.3, 0.4) is 0 Å². The molecule has 4 atom stereocenters. The molecule has 0 radical (unpaired) electrons. The Bertz CT molecular complexity index is 1670. The van der Waals surface area contributed by atoms with Gasteiger partial charge in [0, 0.05) is 11.9 Å². The molecule has 0 amide bonds. The first-order chi connectivity index (χ1) is 21.0. The van der Waals surface area contributed by atoms with Crippen molar-refractivity contribution in [3.63, 3.8) is 0 Å². The number of hydrogen-bond donors (Lipinski definition) is 2. The van der Waals surface area contributed by atoms with Crippen LogP contribution < -0.4 is 15.2 Å². The van der Waals surface area contributed by atoms with E-state index in [1.54, 1.807) is 18.3 Å². The lowest BCUT2D eigenvalue weighted by Crippen LogP contribution is -2.37. The highest BCUT2D eigenvalue weighted by molar-refractivity contribution is 7.84. The summed E-state index contributed by atoms with van der Waals surface area (Å²) in [5, 5.41) is 24.1. The van der Waals surface area contributed by atoms with Crippen LogP contribution in [-0.2, 0) is 17.6 Å². The van der Waals surface area contributed by atoms with Gasteiger partial charge in [-0.15, -0.1) is 0 Å². The van der Waals surface area contributed by atoms with E-state index in [1.165, 1.54) is 26.0 Å². The standard InChI is InChI=1S/C32H35F3N6O2S/c1-31(2,44(37)42)18-25(32(33,34)35)22-12-8-13-24(17-22)39-29-28-27(41(40-29)26-14-7-6-11-23(26)19-36)15-16-38-30(28)43-20-21-9-4-3-5-10-21/h3-5,8-10,12-13,15-17,23,25-26H,6-7,11,14,18,20,37H2,1-2H3,(H,39,40)/t23-,25+,26+,44?/m1/s1. The van der Waals surface area contributed by atoms with Crippen molar-refractivity contribution >= 4 is 33.4 Å². The van der Waals surface area contributed by atoms with Gasteiger partial charge in [-0.1, -0.05) is 55.3 Å². The summed E-state index contributed by atoms with van der Waals surface area (Å²) in [7, 11) is -1.95. The number of pyridine rings is 1. The second kappa shape index (κ2) is 13.0. The molecule has 4 aromatic rings. The van der Waals surface area contributed by atoms with Crippen molar-refractivity contribution in [3.8, 4) is 11.9 Å². The summed E-state index contributed by atoms with van der Waals surface area (Å²) in [6.45, 7) is 3.18. The number of rotatable bonds is 10. The number of anilines is 2. The van der Waals surface area contributed by atoms with Crippen LogP contribution in [0.25, 0.3) is 10.9 Å². The summed E-state index contributed by atoms with van der Waals surface area (Å²) in [6, 6.07) is 19.7. The first kappa shape index (κ1) is 31.5. The third kappa shape index (κ3) is 6.89. The van der Waals surface area contributed by atoms with Gasteiger partial charge in [0.2, 0.25) is 5.88 Å². The monoisotopic (exact) mass is 624 g/mol. The molecule has 1 fully saturated rings. The molecule has 1 aliphatic rings. The molecule has 2 aromatic heterocycles. The Labute approximate surface area is 257 Å². The van der Waals surface area contributed by atoms with Crippen LogP contribution in [0.15, 0.2) is 66.9 Å². The molecule has 5 rings (SSSR count). The van der Waals surface area contributed by atoms with Gasteiger partial charge in [-0.3, -0.25) is 9.82 Å². The van der Waals surface area contributed by atoms with E-state index < -0.39 is 34.2 Å². The highest BCUT2D eigenvalue weighted by Gasteiger charge is 2.45. The molecular formula is C32H35F3N6O2S. The summed E-state index contributed by atoms with van der Waals surface area (Å²) in [6.07, 6.45) is 0.0650. The van der Waals surface area contributed by atoms with E-state index in [9.17, 15) is 22.6 Å². The number of nitrogens with two attached hydrogens (primary N) is 1. The quantitative estimate of drug-likeness (QED) is 0.189. The van der Waals surface area contributed by atoms with Gasteiger partial charge in [0.1, 0.15) is 12.0 Å². The molecule has 3 N–H and O–H groups in total. The zero-order chi connectivity index (χ0) is 31.5. The van der Waals surface area contributed by atoms with Gasteiger partial charge in [0.15, 0.2) is 5.82 Å². The topological polar surface area (TPSA) is 119 Å². The fraction of sp³-hybridized carbons (Fsp3) is 0.406. The van der Waals surface area contributed by atoms with E-state index in [0.717, 1.165) is 31.2 Å². The number of aromatic nitrogens is 3. The lowest BCUT2D eigenvalue weighted by atomic mass is 9.85. The molecule has 44 heavy (non-hydrogen) atoms. The van der Waals surface area contributed by atoms with Crippen molar-refractivity contribution in [2.75, 3.05) is 5.32 Å². The minimum Gasteiger partial charge on any atom is -0.472 e. The Morgan fingerprint density at radius 3 is 2.59 bits per heavy atom. The van der Waals surface area contributed by atoms with Crippen molar-refractivity contribution in [1.82, 2.24) is 14.8 Å². The van der Waals surface area contributed by atoms with Gasteiger partial charge in [0.05, 0.1) is 45.2 Å². The van der Waals surface area contributed by atoms with Gasteiger partial charge in [-0.2, -0.15) is 23.5 Å². The van der Waals surface area contributed by atoms with E-state index in [4.69, 9.17) is 15.0 Å². The molecular weight excluding hydrogens is 589 g/mol. The van der Waals surface area contributed by atoms with Crippen molar-refractivity contribution in [2.45, 2.75) is 75.4 Å². The van der Waals surface area contributed by atoms with Crippen LogP contribution in [0.5, 0.6) is 5.88 Å². The summed E-state index contributed by atoms with van der Waals surface area (Å²) < 4.78 is 61.6. The van der Waals surface area contributed by atoms with E-state index in [-0.39, 0.29) is 24.1 Å². The van der Waals surface area contributed by atoms with Gasteiger partial charge in [-0.05, 0) is 62.4 Å². The summed E-state index contributed by atoms with van der Waals surface area (Å²) in [5.74, 6) is -1.43. The Morgan fingerprint density at radius 1 is 1.14 bits per heavy atom. The maximum atomic E-state index is 14.3. The van der Waals surface area contributed by atoms with Crippen LogP contribution in [0, 0.1) is 17.2 Å². The maximum Gasteiger partial charge on any atom is 0.395 e. The molecule has 1 aliphatic carbocycles. The molecule has 8 nitrogen and oxygen atoms in total. The van der Waals surface area contributed by atoms with Gasteiger partial charge in [0.25, 0.3) is 0 Å². The van der Waals surface area contributed by atoms with Crippen molar-refractivity contribution < 1.29 is 22.1 Å². The fourth-order valence-corrected chi connectivity index (χ4v) is 6.09. The smallest absolute Gasteiger partial charge is 0.395 e. The zero-order valence-corrected chi connectivity index (χ0v) is 25.4. The summed E-state index contributed by atoms with van der Waals surface area (Å²) >= 11 is 0. The summed E-state index contributed by atoms with van der Waals surface area (Å²) in [5.41, 5.74) is 2.06. The molecule has 2 aromatic carbocycles. The third-order valence-electron chi connectivity index (χ3n) is 8.20. The predicted molar refractivity (Wildman–Crippen MR) is 164 cm³/mol. The number of nitriles is 1. The predicted octanol–water partition coefficient (Wildman–Crippen LogP) is 7.45. The second-order valence-electron chi connectivity index (χ2n) is 11.8. The first-order valence-electron chi connectivity index (χ1n) is 14.5. The van der Waals surface area contributed by atoms with Crippen molar-refractivity contribution in [2.24, 2.45) is 11.1 Å². The number of benzene rings is 2. The largest absolute Gasteiger partial charge is 0.472 e. The lowest BCUT2D eigenvalue weighted by Gasteiger charge is -2.29. The molecule has 1 unspecified atom stereocenters. The van der Waals surface area contributed by atoms with E-state index in [1.807, 2.05) is 41.1 Å². The van der Waals surface area contributed by atoms with E-state index in [2.05, 4.69) is 16.4 Å². The normalized spacial score (nSPS) is 18.8. The summed E-state index contributed by atoms with van der Waals surface area (Å²) in [4.78, 5) is 4.49. The first-order valence-corrected chi connectivity index (χ1v) is 15.7. The minimum absolute atomic E-state index is 0.0141. The Hall–Kier alpha value is -3.95. The number of ether oxygens (including phenoxy) is 1. The molecule has 0 spiro atoms. The lowest BCUT2D eigenvalue weighted by molar-refractivity contribution is -0.153. The van der Waals surface area contributed by atoms with Crippen LogP contribution >= 0.6 is 0 Å². The number of nitrogens with one attached hydrogen (secondary N) is 1. The molecule has 0 aliphatic heterocycles. The van der Waals surface area contributed by atoms with Crippen LogP contribution in [-0.4, -0.2) is 29.9 Å². The molecule has 12 heteroatoms. The number of nitrogens with zero attached hydrogens (tertiary/aromatic N) is 4. The number of halogens is 3. The van der Waals surface area contributed by atoms with Gasteiger partial charge >= 0.3 is 6.18 Å². The third-order valence-corrected chi connectivity index (χ3v) is 9.46. The Morgan fingerprint density at radius 2 is 1.89 bits per heavy atom. The second-order valence-corrected chi connectivity index (χ2v) is 13.5. The van der Waals surface area contributed by atoms with Crippen LogP contribution in [0.2, 0.25) is 0 Å². The van der Waals surface area contributed by atoms with Crippen LogP contribution in [0.4, 0.5) is 24.7 Å². The van der Waals surface area contributed by atoms with Crippen molar-refractivity contribution in [1.29, 1.82) is 5.26 Å². The minimum atomic E-state index is -4.58.